The summed E-state index contributed by atoms with van der Waals surface area (Å²) in [5.74, 6) is -0.0763. The molecule has 4 nitrogen and oxygen atoms in total. The van der Waals surface area contributed by atoms with E-state index in [-0.39, 0.29) is 5.97 Å². The van der Waals surface area contributed by atoms with Crippen molar-refractivity contribution in [2.24, 2.45) is 0 Å². The smallest absolute Gasteiger partial charge is 0.326 e. The molecule has 4 heteroatoms. The zero-order valence-corrected chi connectivity index (χ0v) is 10.7. The van der Waals surface area contributed by atoms with Crippen LogP contribution in [0.4, 0.5) is 0 Å². The van der Waals surface area contributed by atoms with E-state index in [1.54, 1.807) is 0 Å². The van der Waals surface area contributed by atoms with Gasteiger partial charge in [0.1, 0.15) is 5.54 Å². The molecule has 16 heavy (non-hydrogen) atoms. The molecule has 1 fully saturated rings. The maximum atomic E-state index is 12.0. The van der Waals surface area contributed by atoms with Gasteiger partial charge in [0.25, 0.3) is 0 Å². The number of carbonyl (C=O) groups is 1. The van der Waals surface area contributed by atoms with Crippen molar-refractivity contribution in [1.82, 2.24) is 10.2 Å². The number of hydrogen-bond donors (Lipinski definition) is 1. The highest BCUT2D eigenvalue weighted by molar-refractivity contribution is 5.81. The molecule has 1 saturated heterocycles. The molecule has 0 radical (unpaired) electrons. The number of likely N-dealkylation sites (tertiary alicyclic amines) is 1. The van der Waals surface area contributed by atoms with Gasteiger partial charge in [-0.25, -0.2) is 0 Å². The van der Waals surface area contributed by atoms with Gasteiger partial charge in [-0.3, -0.25) is 4.79 Å². The molecule has 0 bridgehead atoms. The molecule has 0 aliphatic carbocycles. The summed E-state index contributed by atoms with van der Waals surface area (Å²) in [5.41, 5.74) is -0.434. The average molecular weight is 228 g/mol. The fourth-order valence-corrected chi connectivity index (χ4v) is 2.31. The molecule has 0 atom stereocenters. The van der Waals surface area contributed by atoms with Gasteiger partial charge in [-0.15, -0.1) is 0 Å². The molecule has 0 saturated carbocycles. The topological polar surface area (TPSA) is 41.6 Å². The lowest BCUT2D eigenvalue weighted by molar-refractivity contribution is -0.153. The van der Waals surface area contributed by atoms with E-state index in [0.717, 1.165) is 39.0 Å². The summed E-state index contributed by atoms with van der Waals surface area (Å²) < 4.78 is 5.19. The minimum absolute atomic E-state index is 0.0763. The molecular formula is C12H24N2O2. The lowest BCUT2D eigenvalue weighted by Gasteiger charge is -2.40. The van der Waals surface area contributed by atoms with E-state index in [1.165, 1.54) is 0 Å². The van der Waals surface area contributed by atoms with Crippen LogP contribution in [-0.4, -0.2) is 49.2 Å². The van der Waals surface area contributed by atoms with Gasteiger partial charge in [0.2, 0.25) is 0 Å². The van der Waals surface area contributed by atoms with Gasteiger partial charge in [0.15, 0.2) is 0 Å². The Labute approximate surface area is 98.3 Å². The van der Waals surface area contributed by atoms with Crippen LogP contribution in [0.5, 0.6) is 0 Å². The van der Waals surface area contributed by atoms with Gasteiger partial charge >= 0.3 is 5.97 Å². The second-order valence-corrected chi connectivity index (χ2v) is 4.27. The molecule has 1 N–H and O–H groups in total. The van der Waals surface area contributed by atoms with Crippen molar-refractivity contribution in [1.29, 1.82) is 0 Å². The third-order valence-electron chi connectivity index (χ3n) is 3.34. The summed E-state index contributed by atoms with van der Waals surface area (Å²) in [4.78, 5) is 14.4. The number of nitrogens with one attached hydrogen (secondary N) is 1. The summed E-state index contributed by atoms with van der Waals surface area (Å²) in [6, 6.07) is 0. The number of ether oxygens (including phenoxy) is 1. The van der Waals surface area contributed by atoms with Crippen molar-refractivity contribution in [2.45, 2.75) is 39.2 Å². The molecule has 0 spiro atoms. The standard InChI is InChI=1S/C12H24N2O2/c1-4-13-12(11(15)16-6-3)7-9-14(5-2)10-8-12/h13H,4-10H2,1-3H3. The van der Waals surface area contributed by atoms with Gasteiger partial charge in [-0.2, -0.15) is 0 Å². The van der Waals surface area contributed by atoms with Gasteiger partial charge < -0.3 is 15.0 Å². The van der Waals surface area contributed by atoms with Crippen LogP contribution < -0.4 is 5.32 Å². The Morgan fingerprint density at radius 1 is 1.31 bits per heavy atom. The number of esters is 1. The number of hydrogen-bond acceptors (Lipinski definition) is 4. The monoisotopic (exact) mass is 228 g/mol. The summed E-state index contributed by atoms with van der Waals surface area (Å²) in [7, 11) is 0. The molecule has 1 heterocycles. The van der Waals surface area contributed by atoms with Gasteiger partial charge in [-0.1, -0.05) is 13.8 Å². The molecular weight excluding hydrogens is 204 g/mol. The van der Waals surface area contributed by atoms with Crippen molar-refractivity contribution >= 4 is 5.97 Å². The fraction of sp³-hybridized carbons (Fsp3) is 0.917. The number of nitrogens with zero attached hydrogens (tertiary/aromatic N) is 1. The largest absolute Gasteiger partial charge is 0.465 e. The number of carbonyl (C=O) groups excluding carboxylic acids is 1. The first kappa shape index (κ1) is 13.5. The van der Waals surface area contributed by atoms with E-state index in [2.05, 4.69) is 17.1 Å². The number of piperidine rings is 1. The first-order valence-corrected chi connectivity index (χ1v) is 6.33. The van der Waals surface area contributed by atoms with Crippen molar-refractivity contribution < 1.29 is 9.53 Å². The Morgan fingerprint density at radius 3 is 2.38 bits per heavy atom. The predicted molar refractivity (Wildman–Crippen MR) is 64.4 cm³/mol. The number of likely N-dealkylation sites (N-methyl/N-ethyl adjacent to an activating group) is 1. The molecule has 0 aromatic heterocycles. The third-order valence-corrected chi connectivity index (χ3v) is 3.34. The Bertz CT molecular complexity index is 223. The quantitative estimate of drug-likeness (QED) is 0.713. The second kappa shape index (κ2) is 6.21. The van der Waals surface area contributed by atoms with E-state index < -0.39 is 5.54 Å². The highest BCUT2D eigenvalue weighted by Gasteiger charge is 2.41. The zero-order chi connectivity index (χ0) is 12.0. The van der Waals surface area contributed by atoms with E-state index in [1.807, 2.05) is 13.8 Å². The molecule has 1 aliphatic rings. The minimum atomic E-state index is -0.434. The first-order valence-electron chi connectivity index (χ1n) is 6.33. The predicted octanol–water partition coefficient (Wildman–Crippen LogP) is 1.01. The van der Waals surface area contributed by atoms with E-state index >= 15 is 0 Å². The first-order chi connectivity index (χ1) is 7.68. The van der Waals surface area contributed by atoms with Crippen LogP contribution in [0.2, 0.25) is 0 Å². The lowest BCUT2D eigenvalue weighted by Crippen LogP contribution is -2.58. The van der Waals surface area contributed by atoms with Crippen molar-refractivity contribution in [2.75, 3.05) is 32.8 Å². The SMILES string of the molecule is CCNC1(C(=O)OCC)CCN(CC)CC1. The summed E-state index contributed by atoms with van der Waals surface area (Å²) in [6.45, 7) is 10.3. The van der Waals surface area contributed by atoms with Gasteiger partial charge in [-0.05, 0) is 32.9 Å². The number of rotatable bonds is 5. The zero-order valence-electron chi connectivity index (χ0n) is 10.7. The summed E-state index contributed by atoms with van der Waals surface area (Å²) in [5, 5.41) is 3.33. The molecule has 1 rings (SSSR count). The van der Waals surface area contributed by atoms with Crippen LogP contribution in [0.15, 0.2) is 0 Å². The van der Waals surface area contributed by atoms with Crippen molar-refractivity contribution in [3.8, 4) is 0 Å². The Kier molecular flexibility index (Phi) is 5.22. The molecule has 0 aromatic carbocycles. The molecule has 0 aromatic rings. The Balaban J connectivity index is 2.63. The van der Waals surface area contributed by atoms with E-state index in [0.29, 0.717) is 6.61 Å². The maximum absolute atomic E-state index is 12.0. The van der Waals surface area contributed by atoms with Crippen LogP contribution in [0, 0.1) is 0 Å². The highest BCUT2D eigenvalue weighted by Crippen LogP contribution is 2.23. The minimum Gasteiger partial charge on any atom is -0.465 e. The fourth-order valence-electron chi connectivity index (χ4n) is 2.31. The van der Waals surface area contributed by atoms with Crippen molar-refractivity contribution in [3.63, 3.8) is 0 Å². The summed E-state index contributed by atoms with van der Waals surface area (Å²) in [6.07, 6.45) is 1.71. The maximum Gasteiger partial charge on any atom is 0.326 e. The van der Waals surface area contributed by atoms with Crippen LogP contribution in [0.1, 0.15) is 33.6 Å². The summed E-state index contributed by atoms with van der Waals surface area (Å²) >= 11 is 0. The van der Waals surface area contributed by atoms with Crippen molar-refractivity contribution in [3.05, 3.63) is 0 Å². The Hall–Kier alpha value is -0.610. The normalized spacial score (nSPS) is 20.7. The molecule has 0 amide bonds. The molecule has 1 aliphatic heterocycles. The van der Waals surface area contributed by atoms with Gasteiger partial charge in [0, 0.05) is 13.1 Å². The van der Waals surface area contributed by atoms with E-state index in [9.17, 15) is 4.79 Å². The Morgan fingerprint density at radius 2 is 1.94 bits per heavy atom. The molecule has 0 unspecified atom stereocenters. The highest BCUT2D eigenvalue weighted by atomic mass is 16.5. The van der Waals surface area contributed by atoms with Crippen LogP contribution in [0.25, 0.3) is 0 Å². The second-order valence-electron chi connectivity index (χ2n) is 4.27. The van der Waals surface area contributed by atoms with Gasteiger partial charge in [0.05, 0.1) is 6.61 Å². The van der Waals surface area contributed by atoms with Crippen LogP contribution in [-0.2, 0) is 9.53 Å². The van der Waals surface area contributed by atoms with Crippen LogP contribution >= 0.6 is 0 Å². The lowest BCUT2D eigenvalue weighted by atomic mass is 9.87. The van der Waals surface area contributed by atoms with E-state index in [4.69, 9.17) is 4.74 Å². The third kappa shape index (κ3) is 2.95. The average Bonchev–Trinajstić information content (AvgIpc) is 2.30. The van der Waals surface area contributed by atoms with Crippen LogP contribution in [0.3, 0.4) is 0 Å². The molecule has 94 valence electrons.